The molecule has 6 rings (SSSR count). The van der Waals surface area contributed by atoms with E-state index in [-0.39, 0.29) is 11.6 Å². The molecule has 216 valence electrons. The Hall–Kier alpha value is -4.32. The van der Waals surface area contributed by atoms with Gasteiger partial charge >= 0.3 is 6.03 Å². The maximum absolute atomic E-state index is 12.6. The van der Waals surface area contributed by atoms with Crippen molar-refractivity contribution in [3.8, 4) is 23.1 Å². The number of carbonyl (C=O) groups is 1. The number of urea groups is 1. The van der Waals surface area contributed by atoms with Gasteiger partial charge in [0.05, 0.1) is 20.5 Å². The van der Waals surface area contributed by atoms with Gasteiger partial charge in [-0.15, -0.1) is 5.10 Å². The Labute approximate surface area is 238 Å². The van der Waals surface area contributed by atoms with Gasteiger partial charge < -0.3 is 29.0 Å². The smallest absolute Gasteiger partial charge is 0.319 e. The van der Waals surface area contributed by atoms with Crippen molar-refractivity contribution in [1.82, 2.24) is 34.3 Å². The fourth-order valence-electron chi connectivity index (χ4n) is 5.88. The normalized spacial score (nSPS) is 17.4. The zero-order chi connectivity index (χ0) is 28.6. The third-order valence-electron chi connectivity index (χ3n) is 8.50. The van der Waals surface area contributed by atoms with Crippen LogP contribution in [0.5, 0.6) is 11.5 Å². The summed E-state index contributed by atoms with van der Waals surface area (Å²) >= 11 is 0. The van der Waals surface area contributed by atoms with Crippen molar-refractivity contribution in [2.24, 2.45) is 0 Å². The van der Waals surface area contributed by atoms with Gasteiger partial charge in [0, 0.05) is 64.1 Å². The summed E-state index contributed by atoms with van der Waals surface area (Å²) in [6, 6.07) is 9.58. The van der Waals surface area contributed by atoms with E-state index in [1.54, 1.807) is 25.0 Å². The van der Waals surface area contributed by atoms with Gasteiger partial charge in [-0.25, -0.2) is 14.8 Å². The van der Waals surface area contributed by atoms with Crippen molar-refractivity contribution in [2.45, 2.75) is 37.9 Å². The van der Waals surface area contributed by atoms with Gasteiger partial charge in [-0.05, 0) is 49.1 Å². The second-order valence-corrected chi connectivity index (χ2v) is 10.8. The third-order valence-corrected chi connectivity index (χ3v) is 8.50. The number of nitrogens with zero attached hydrogens (tertiary/aromatic N) is 7. The van der Waals surface area contributed by atoms with Crippen LogP contribution in [0.2, 0.25) is 0 Å². The fraction of sp³-hybridized carbons (Fsp3) is 0.448. The van der Waals surface area contributed by atoms with Crippen molar-refractivity contribution < 1.29 is 18.7 Å². The molecule has 1 aromatic carbocycles. The molecular formula is C29H36N8O4. The monoisotopic (exact) mass is 560 g/mol. The average molecular weight is 561 g/mol. The molecule has 0 bridgehead atoms. The van der Waals surface area contributed by atoms with Crippen LogP contribution in [0, 0.1) is 0 Å². The molecule has 0 aliphatic carbocycles. The Kier molecular flexibility index (Phi) is 7.16. The lowest BCUT2D eigenvalue weighted by Crippen LogP contribution is -2.62. The minimum absolute atomic E-state index is 0.0626. The predicted octanol–water partition coefficient (Wildman–Crippen LogP) is 3.74. The lowest BCUT2D eigenvalue weighted by molar-refractivity contribution is 0.0146. The summed E-state index contributed by atoms with van der Waals surface area (Å²) in [6.07, 6.45) is 6.39. The van der Waals surface area contributed by atoms with Crippen LogP contribution in [-0.4, -0.2) is 93.8 Å². The fourth-order valence-corrected chi connectivity index (χ4v) is 5.88. The van der Waals surface area contributed by atoms with Crippen LogP contribution < -0.4 is 14.8 Å². The number of ether oxygens (including phenoxy) is 2. The van der Waals surface area contributed by atoms with E-state index in [1.807, 2.05) is 60.4 Å². The zero-order valence-corrected chi connectivity index (χ0v) is 24.0. The van der Waals surface area contributed by atoms with E-state index in [9.17, 15) is 4.79 Å². The summed E-state index contributed by atoms with van der Waals surface area (Å²) in [5.74, 6) is 3.02. The molecule has 12 nitrogen and oxygen atoms in total. The minimum Gasteiger partial charge on any atom is -0.493 e. The van der Waals surface area contributed by atoms with E-state index in [0.29, 0.717) is 42.1 Å². The van der Waals surface area contributed by atoms with Crippen molar-refractivity contribution in [2.75, 3.05) is 53.3 Å². The van der Waals surface area contributed by atoms with E-state index in [4.69, 9.17) is 29.0 Å². The molecule has 0 saturated carbocycles. The van der Waals surface area contributed by atoms with Crippen LogP contribution >= 0.6 is 0 Å². The molecule has 0 radical (unpaired) electrons. The second kappa shape index (κ2) is 10.9. The molecular weight excluding hydrogens is 524 g/mol. The number of furan rings is 1. The molecule has 2 amide bonds. The number of likely N-dealkylation sites (tertiary alicyclic amines) is 1. The summed E-state index contributed by atoms with van der Waals surface area (Å²) in [5.41, 5.74) is 2.66. The molecule has 41 heavy (non-hydrogen) atoms. The third kappa shape index (κ3) is 5.03. The molecule has 1 N–H and O–H groups in total. The van der Waals surface area contributed by atoms with E-state index in [2.05, 4.69) is 10.2 Å². The first-order valence-corrected chi connectivity index (χ1v) is 13.9. The first kappa shape index (κ1) is 26.9. The maximum Gasteiger partial charge on any atom is 0.319 e. The number of hydrogen-bond donors (Lipinski definition) is 1. The SMILES string of the molecule is COc1ccc(CNc2ncc(CN3CCC4(CC3)CCN(C)C(=O)N4C)c3nc(-c4ccco4)nn23)cc1OC. The summed E-state index contributed by atoms with van der Waals surface area (Å²) in [5, 5.41) is 8.15. The number of nitrogens with one attached hydrogen (secondary N) is 1. The van der Waals surface area contributed by atoms with Crippen LogP contribution in [0.25, 0.3) is 17.2 Å². The zero-order valence-electron chi connectivity index (χ0n) is 24.0. The summed E-state index contributed by atoms with van der Waals surface area (Å²) in [6.45, 7) is 3.79. The summed E-state index contributed by atoms with van der Waals surface area (Å²) in [7, 11) is 7.07. The number of piperidine rings is 1. The van der Waals surface area contributed by atoms with Crippen molar-refractivity contribution in [3.05, 3.63) is 53.9 Å². The maximum atomic E-state index is 12.6. The van der Waals surface area contributed by atoms with Crippen LogP contribution in [0.3, 0.4) is 0 Å². The van der Waals surface area contributed by atoms with Crippen LogP contribution in [0.15, 0.2) is 47.2 Å². The van der Waals surface area contributed by atoms with Gasteiger partial charge in [-0.3, -0.25) is 4.90 Å². The van der Waals surface area contributed by atoms with E-state index in [0.717, 1.165) is 55.7 Å². The van der Waals surface area contributed by atoms with E-state index < -0.39 is 0 Å². The minimum atomic E-state index is -0.0626. The Bertz CT molecular complexity index is 1530. The molecule has 1 spiro atoms. The van der Waals surface area contributed by atoms with E-state index >= 15 is 0 Å². The molecule has 2 saturated heterocycles. The van der Waals surface area contributed by atoms with Crippen molar-refractivity contribution in [1.29, 1.82) is 0 Å². The number of hydrogen-bond acceptors (Lipinski definition) is 9. The quantitative estimate of drug-likeness (QED) is 0.344. The molecule has 2 aliphatic heterocycles. The Morgan fingerprint density at radius 1 is 1.05 bits per heavy atom. The van der Waals surface area contributed by atoms with Crippen LogP contribution in [0.1, 0.15) is 30.4 Å². The molecule has 0 atom stereocenters. The van der Waals surface area contributed by atoms with Crippen LogP contribution in [0.4, 0.5) is 10.7 Å². The highest BCUT2D eigenvalue weighted by Gasteiger charge is 2.44. The number of benzene rings is 1. The highest BCUT2D eigenvalue weighted by atomic mass is 16.5. The molecule has 0 unspecified atom stereocenters. The number of aromatic nitrogens is 4. The van der Waals surface area contributed by atoms with Gasteiger partial charge in [0.1, 0.15) is 0 Å². The van der Waals surface area contributed by atoms with Gasteiger partial charge in [-0.1, -0.05) is 6.07 Å². The second-order valence-electron chi connectivity index (χ2n) is 10.8. The number of amides is 2. The van der Waals surface area contributed by atoms with Gasteiger partial charge in [-0.2, -0.15) is 4.52 Å². The Morgan fingerprint density at radius 3 is 2.56 bits per heavy atom. The van der Waals surface area contributed by atoms with Crippen LogP contribution in [-0.2, 0) is 13.1 Å². The number of anilines is 1. The molecule has 12 heteroatoms. The first-order chi connectivity index (χ1) is 19.9. The largest absolute Gasteiger partial charge is 0.493 e. The standard InChI is InChI=1S/C29H36N8O4/c1-34-12-9-29(35(2)28(34)38)10-13-36(14-11-29)19-21-18-31-27(30-17-20-7-8-22(39-3)24(16-20)40-4)37-26(21)32-25(33-37)23-6-5-15-41-23/h5-8,15-16,18H,9-14,17,19H2,1-4H3,(H,30,31). The highest BCUT2D eigenvalue weighted by Crippen LogP contribution is 2.36. The van der Waals surface area contributed by atoms with Crippen molar-refractivity contribution >= 4 is 17.6 Å². The van der Waals surface area contributed by atoms with Gasteiger partial charge in [0.15, 0.2) is 22.9 Å². The summed E-state index contributed by atoms with van der Waals surface area (Å²) in [4.78, 5) is 28.4. The number of fused-ring (bicyclic) bond motifs is 1. The Morgan fingerprint density at radius 2 is 1.83 bits per heavy atom. The molecule has 3 aromatic heterocycles. The predicted molar refractivity (Wildman–Crippen MR) is 153 cm³/mol. The lowest BCUT2D eigenvalue weighted by Gasteiger charge is -2.51. The molecule has 2 aliphatic rings. The van der Waals surface area contributed by atoms with Crippen molar-refractivity contribution in [3.63, 3.8) is 0 Å². The van der Waals surface area contributed by atoms with Gasteiger partial charge in [0.25, 0.3) is 0 Å². The highest BCUT2D eigenvalue weighted by molar-refractivity contribution is 5.75. The Balaban J connectivity index is 1.23. The topological polar surface area (TPSA) is 114 Å². The molecule has 5 heterocycles. The number of methoxy groups -OCH3 is 2. The van der Waals surface area contributed by atoms with Gasteiger partial charge in [0.2, 0.25) is 11.8 Å². The summed E-state index contributed by atoms with van der Waals surface area (Å²) < 4.78 is 18.2. The molecule has 4 aromatic rings. The number of rotatable bonds is 8. The first-order valence-electron chi connectivity index (χ1n) is 13.9. The van der Waals surface area contributed by atoms with E-state index in [1.165, 1.54) is 0 Å². The number of carbonyl (C=O) groups excluding carboxylic acids is 1. The lowest BCUT2D eigenvalue weighted by atomic mass is 9.81. The molecule has 2 fully saturated rings. The average Bonchev–Trinajstić information content (AvgIpc) is 3.70.